The number of hydroxylamine groups is 2. The van der Waals surface area contributed by atoms with Gasteiger partial charge in [-0.3, -0.25) is 25.6 Å². The second-order valence-corrected chi connectivity index (χ2v) is 7.02. The van der Waals surface area contributed by atoms with Crippen LogP contribution < -0.4 is 10.9 Å². The molecule has 0 saturated heterocycles. The fourth-order valence-electron chi connectivity index (χ4n) is 3.35. The number of amides is 2. The molecule has 0 spiro atoms. The third-order valence-electron chi connectivity index (χ3n) is 5.06. The molecular formula is C18H23N5O4. The van der Waals surface area contributed by atoms with Gasteiger partial charge < -0.3 is 4.42 Å². The average Bonchev–Trinajstić information content (AvgIpc) is 3.23. The van der Waals surface area contributed by atoms with Crippen LogP contribution in [0.4, 0.5) is 5.95 Å². The van der Waals surface area contributed by atoms with Gasteiger partial charge in [-0.25, -0.2) is 15.0 Å². The van der Waals surface area contributed by atoms with E-state index in [0.29, 0.717) is 35.9 Å². The molecule has 1 saturated carbocycles. The van der Waals surface area contributed by atoms with Crippen LogP contribution in [-0.2, 0) is 9.59 Å². The van der Waals surface area contributed by atoms with Gasteiger partial charge in [0.15, 0.2) is 0 Å². The lowest BCUT2D eigenvalue weighted by Crippen LogP contribution is -2.51. The summed E-state index contributed by atoms with van der Waals surface area (Å²) in [5, 5.41) is 10.2. The number of hydrogen-bond acceptors (Lipinski definition) is 7. The van der Waals surface area contributed by atoms with Gasteiger partial charge in [-0.2, -0.15) is 0 Å². The first kappa shape index (κ1) is 18.8. The Hall–Kier alpha value is -2.94. The van der Waals surface area contributed by atoms with Crippen molar-refractivity contribution in [3.8, 4) is 11.3 Å². The fraction of sp³-hybridized carbons (Fsp3) is 0.444. The molecule has 3 N–H and O–H groups in total. The van der Waals surface area contributed by atoms with Crippen LogP contribution in [0.2, 0.25) is 0 Å². The molecule has 2 heterocycles. The van der Waals surface area contributed by atoms with E-state index in [1.165, 1.54) is 0 Å². The topological polar surface area (TPSA) is 121 Å². The van der Waals surface area contributed by atoms with Gasteiger partial charge in [0.25, 0.3) is 0 Å². The first-order valence-electron chi connectivity index (χ1n) is 8.85. The molecule has 144 valence electrons. The van der Waals surface area contributed by atoms with Crippen LogP contribution in [0, 0.1) is 11.3 Å². The number of carbonyl (C=O) groups excluding carboxylic acids is 2. The van der Waals surface area contributed by atoms with Gasteiger partial charge in [0.05, 0.1) is 30.2 Å². The zero-order valence-corrected chi connectivity index (χ0v) is 15.1. The van der Waals surface area contributed by atoms with Crippen molar-refractivity contribution in [1.82, 2.24) is 20.5 Å². The summed E-state index contributed by atoms with van der Waals surface area (Å²) >= 11 is 0. The van der Waals surface area contributed by atoms with Crippen LogP contribution in [0.15, 0.2) is 35.3 Å². The molecule has 0 aromatic carbocycles. The van der Waals surface area contributed by atoms with E-state index in [9.17, 15) is 14.8 Å². The molecule has 2 amide bonds. The van der Waals surface area contributed by atoms with Gasteiger partial charge in [-0.15, -0.1) is 0 Å². The van der Waals surface area contributed by atoms with Crippen LogP contribution in [-0.4, -0.2) is 39.1 Å². The SMILES string of the molecule is C[C@H]1CC[C@](CN(O)C=O)(C(=O)NNc2nccc(-c3ccoc3)n2)CC1. The second-order valence-electron chi connectivity index (χ2n) is 7.02. The smallest absolute Gasteiger partial charge is 0.246 e. The highest BCUT2D eigenvalue weighted by atomic mass is 16.5. The highest BCUT2D eigenvalue weighted by Crippen LogP contribution is 2.39. The van der Waals surface area contributed by atoms with Gasteiger partial charge in [0, 0.05) is 11.8 Å². The van der Waals surface area contributed by atoms with Gasteiger partial charge in [0.1, 0.15) is 0 Å². The lowest BCUT2D eigenvalue weighted by molar-refractivity contribution is -0.163. The van der Waals surface area contributed by atoms with Crippen LogP contribution in [0.1, 0.15) is 32.6 Å². The molecule has 0 radical (unpaired) electrons. The zero-order chi connectivity index (χ0) is 19.3. The standard InChI is InChI=1S/C18H23N5O4/c1-13-2-6-18(7-3-13,11-23(26)12-24)16(25)21-22-17-19-8-4-15(20-17)14-5-9-27-10-14/h4-5,8-10,12-13,26H,2-3,6-7,11H2,1H3,(H,21,25)(H,19,20,22)/t13-,18-. The molecule has 0 aliphatic heterocycles. The van der Waals surface area contributed by atoms with Crippen molar-refractivity contribution in [2.75, 3.05) is 12.0 Å². The van der Waals surface area contributed by atoms with Crippen molar-refractivity contribution >= 4 is 18.3 Å². The number of aromatic nitrogens is 2. The number of hydrogen-bond donors (Lipinski definition) is 3. The van der Waals surface area contributed by atoms with Crippen LogP contribution >= 0.6 is 0 Å². The number of rotatable bonds is 7. The summed E-state index contributed by atoms with van der Waals surface area (Å²) in [4.78, 5) is 32.1. The van der Waals surface area contributed by atoms with E-state index in [1.54, 1.807) is 30.9 Å². The minimum absolute atomic E-state index is 0.0490. The summed E-state index contributed by atoms with van der Waals surface area (Å²) < 4.78 is 5.05. The summed E-state index contributed by atoms with van der Waals surface area (Å²) in [5.41, 5.74) is 5.97. The molecule has 1 fully saturated rings. The van der Waals surface area contributed by atoms with E-state index in [1.807, 2.05) is 0 Å². The largest absolute Gasteiger partial charge is 0.472 e. The number of carbonyl (C=O) groups is 2. The Labute approximate surface area is 156 Å². The predicted octanol–water partition coefficient (Wildman–Crippen LogP) is 2.22. The molecule has 3 rings (SSSR count). The van der Waals surface area contributed by atoms with E-state index in [4.69, 9.17) is 4.42 Å². The van der Waals surface area contributed by atoms with Crippen LogP contribution in [0.3, 0.4) is 0 Å². The fourth-order valence-corrected chi connectivity index (χ4v) is 3.35. The number of nitrogens with zero attached hydrogens (tertiary/aromatic N) is 3. The summed E-state index contributed by atoms with van der Waals surface area (Å²) in [6, 6.07) is 3.51. The summed E-state index contributed by atoms with van der Waals surface area (Å²) in [5.74, 6) is 0.447. The van der Waals surface area contributed by atoms with Gasteiger partial charge >= 0.3 is 0 Å². The maximum absolute atomic E-state index is 12.9. The van der Waals surface area contributed by atoms with Crippen LogP contribution in [0.25, 0.3) is 11.3 Å². The third-order valence-corrected chi connectivity index (χ3v) is 5.06. The van der Waals surface area contributed by atoms with E-state index in [0.717, 1.165) is 18.4 Å². The van der Waals surface area contributed by atoms with Crippen molar-refractivity contribution in [3.63, 3.8) is 0 Å². The molecule has 27 heavy (non-hydrogen) atoms. The summed E-state index contributed by atoms with van der Waals surface area (Å²) in [6.45, 7) is 2.08. The second kappa shape index (κ2) is 8.17. The Morgan fingerprint density at radius 3 is 2.89 bits per heavy atom. The maximum Gasteiger partial charge on any atom is 0.246 e. The number of furan rings is 1. The predicted molar refractivity (Wildman–Crippen MR) is 96.1 cm³/mol. The Morgan fingerprint density at radius 2 is 2.22 bits per heavy atom. The van der Waals surface area contributed by atoms with Crippen molar-refractivity contribution in [1.29, 1.82) is 0 Å². The Bertz CT molecular complexity index is 772. The summed E-state index contributed by atoms with van der Waals surface area (Å²) in [6.07, 6.45) is 7.89. The molecule has 2 aromatic heterocycles. The molecule has 2 aromatic rings. The van der Waals surface area contributed by atoms with Gasteiger partial charge in [-0.1, -0.05) is 6.92 Å². The molecule has 9 heteroatoms. The highest BCUT2D eigenvalue weighted by Gasteiger charge is 2.42. The molecule has 1 aliphatic carbocycles. The highest BCUT2D eigenvalue weighted by molar-refractivity contribution is 5.84. The van der Waals surface area contributed by atoms with E-state index in [-0.39, 0.29) is 18.4 Å². The van der Waals surface area contributed by atoms with Gasteiger partial charge in [-0.05, 0) is 43.7 Å². The third kappa shape index (κ3) is 4.43. The monoisotopic (exact) mass is 373 g/mol. The van der Waals surface area contributed by atoms with E-state index >= 15 is 0 Å². The van der Waals surface area contributed by atoms with Gasteiger partial charge in [0.2, 0.25) is 18.3 Å². The van der Waals surface area contributed by atoms with Crippen molar-refractivity contribution in [3.05, 3.63) is 30.9 Å². The maximum atomic E-state index is 12.9. The molecule has 0 bridgehead atoms. The Balaban J connectivity index is 1.69. The average molecular weight is 373 g/mol. The van der Waals surface area contributed by atoms with Crippen molar-refractivity contribution < 1.29 is 19.2 Å². The Morgan fingerprint density at radius 1 is 1.44 bits per heavy atom. The normalized spacial score (nSPS) is 22.1. The lowest BCUT2D eigenvalue weighted by atomic mass is 9.70. The molecule has 9 nitrogen and oxygen atoms in total. The molecule has 0 atom stereocenters. The summed E-state index contributed by atoms with van der Waals surface area (Å²) in [7, 11) is 0. The van der Waals surface area contributed by atoms with Crippen molar-refractivity contribution in [2.24, 2.45) is 11.3 Å². The van der Waals surface area contributed by atoms with Crippen molar-refractivity contribution in [2.45, 2.75) is 32.6 Å². The van der Waals surface area contributed by atoms with Crippen LogP contribution in [0.5, 0.6) is 0 Å². The first-order chi connectivity index (χ1) is 13.0. The minimum atomic E-state index is -0.850. The Kier molecular flexibility index (Phi) is 5.70. The number of nitrogens with one attached hydrogen (secondary N) is 2. The molecular weight excluding hydrogens is 350 g/mol. The molecule has 1 aliphatic rings. The van der Waals surface area contributed by atoms with E-state index in [2.05, 4.69) is 27.7 Å². The number of hydrazine groups is 1. The lowest BCUT2D eigenvalue weighted by Gasteiger charge is -2.38. The van der Waals surface area contributed by atoms with E-state index < -0.39 is 5.41 Å². The minimum Gasteiger partial charge on any atom is -0.472 e. The molecule has 0 unspecified atom stereocenters. The first-order valence-corrected chi connectivity index (χ1v) is 8.85. The quantitative estimate of drug-likeness (QED) is 0.386. The zero-order valence-electron chi connectivity index (χ0n) is 15.1. The number of anilines is 1.